The minimum Gasteiger partial charge on any atom is -0.495 e. The monoisotopic (exact) mass is 387 g/mol. The average Bonchev–Trinajstić information content (AvgIpc) is 3.10. The van der Waals surface area contributed by atoms with Crippen LogP contribution in [0.15, 0.2) is 52.1 Å². The fourth-order valence-corrected chi connectivity index (χ4v) is 3.04. The number of thioether (sulfide) groups is 1. The number of hydrogen-bond donors (Lipinski definition) is 1. The van der Waals surface area contributed by atoms with Gasteiger partial charge in [-0.3, -0.25) is 4.79 Å². The van der Waals surface area contributed by atoms with Crippen LogP contribution < -0.4 is 10.1 Å². The molecule has 0 fully saturated rings. The molecule has 1 N–H and O–H groups in total. The quantitative estimate of drug-likeness (QED) is 0.635. The van der Waals surface area contributed by atoms with E-state index in [-0.39, 0.29) is 22.6 Å². The summed E-state index contributed by atoms with van der Waals surface area (Å²) in [4.78, 5) is 12.5. The predicted octanol–water partition coefficient (Wildman–Crippen LogP) is 4.31. The van der Waals surface area contributed by atoms with E-state index in [4.69, 9.17) is 9.15 Å². The molecule has 6 nitrogen and oxygen atoms in total. The molecule has 140 valence electrons. The summed E-state index contributed by atoms with van der Waals surface area (Å²) in [6.45, 7) is 3.64. The van der Waals surface area contributed by atoms with E-state index in [2.05, 4.69) is 15.5 Å². The van der Waals surface area contributed by atoms with Gasteiger partial charge in [-0.05, 0) is 43.7 Å². The molecular weight excluding hydrogens is 369 g/mol. The van der Waals surface area contributed by atoms with Crippen molar-refractivity contribution in [1.29, 1.82) is 0 Å². The molecule has 1 heterocycles. The SMILES string of the molecule is COc1ccc(C)cc1NC(=O)[C@@H](C)Sc1nnc(-c2ccccc2F)o1. The molecule has 27 heavy (non-hydrogen) atoms. The summed E-state index contributed by atoms with van der Waals surface area (Å²) < 4.78 is 24.6. The summed E-state index contributed by atoms with van der Waals surface area (Å²) in [5, 5.41) is 10.3. The summed E-state index contributed by atoms with van der Waals surface area (Å²) in [5.41, 5.74) is 1.81. The van der Waals surface area contributed by atoms with E-state index in [0.717, 1.165) is 17.3 Å². The summed E-state index contributed by atoms with van der Waals surface area (Å²) in [6.07, 6.45) is 0. The van der Waals surface area contributed by atoms with Crippen LogP contribution in [0, 0.1) is 12.7 Å². The molecule has 0 unspecified atom stereocenters. The molecule has 0 saturated heterocycles. The summed E-state index contributed by atoms with van der Waals surface area (Å²) in [6, 6.07) is 11.7. The Morgan fingerprint density at radius 3 is 2.78 bits per heavy atom. The first-order valence-corrected chi connectivity index (χ1v) is 9.06. The van der Waals surface area contributed by atoms with Crippen LogP contribution >= 0.6 is 11.8 Å². The lowest BCUT2D eigenvalue weighted by Gasteiger charge is -2.13. The predicted molar refractivity (Wildman–Crippen MR) is 101 cm³/mol. The molecule has 1 atom stereocenters. The van der Waals surface area contributed by atoms with Crippen molar-refractivity contribution < 1.29 is 18.3 Å². The Kier molecular flexibility index (Phi) is 5.75. The number of ether oxygens (including phenoxy) is 1. The first-order valence-electron chi connectivity index (χ1n) is 8.18. The van der Waals surface area contributed by atoms with Crippen LogP contribution in [0.1, 0.15) is 12.5 Å². The third-order valence-corrected chi connectivity index (χ3v) is 4.70. The number of benzene rings is 2. The molecule has 0 aliphatic carbocycles. The van der Waals surface area contributed by atoms with E-state index in [1.807, 2.05) is 19.1 Å². The van der Waals surface area contributed by atoms with Crippen LogP contribution in [0.2, 0.25) is 0 Å². The number of methoxy groups -OCH3 is 1. The van der Waals surface area contributed by atoms with E-state index in [9.17, 15) is 9.18 Å². The van der Waals surface area contributed by atoms with Gasteiger partial charge in [-0.2, -0.15) is 0 Å². The van der Waals surface area contributed by atoms with Crippen LogP contribution in [0.4, 0.5) is 10.1 Å². The number of carbonyl (C=O) groups is 1. The van der Waals surface area contributed by atoms with Crippen LogP contribution in [0.3, 0.4) is 0 Å². The zero-order valence-corrected chi connectivity index (χ0v) is 15.8. The highest BCUT2D eigenvalue weighted by Gasteiger charge is 2.20. The normalized spacial score (nSPS) is 11.9. The second-order valence-electron chi connectivity index (χ2n) is 5.81. The van der Waals surface area contributed by atoms with Gasteiger partial charge in [0.05, 0.1) is 23.6 Å². The van der Waals surface area contributed by atoms with Crippen molar-refractivity contribution in [2.45, 2.75) is 24.3 Å². The first kappa shape index (κ1) is 18.9. The molecular formula is C19H18FN3O3S. The number of carbonyl (C=O) groups excluding carboxylic acids is 1. The lowest BCUT2D eigenvalue weighted by atomic mass is 10.2. The molecule has 3 rings (SSSR count). The van der Waals surface area contributed by atoms with Crippen molar-refractivity contribution in [3.05, 3.63) is 53.8 Å². The number of halogens is 1. The number of anilines is 1. The Balaban J connectivity index is 1.69. The van der Waals surface area contributed by atoms with Gasteiger partial charge in [-0.1, -0.05) is 30.0 Å². The van der Waals surface area contributed by atoms with Crippen LogP contribution in [0.25, 0.3) is 11.5 Å². The molecule has 0 spiro atoms. The lowest BCUT2D eigenvalue weighted by Crippen LogP contribution is -2.22. The minimum absolute atomic E-state index is 0.0727. The Hall–Kier alpha value is -2.87. The van der Waals surface area contributed by atoms with Crippen molar-refractivity contribution >= 4 is 23.4 Å². The van der Waals surface area contributed by atoms with E-state index < -0.39 is 11.1 Å². The molecule has 0 aliphatic heterocycles. The number of hydrogen-bond acceptors (Lipinski definition) is 6. The Morgan fingerprint density at radius 1 is 1.26 bits per heavy atom. The maximum Gasteiger partial charge on any atom is 0.277 e. The summed E-state index contributed by atoms with van der Waals surface area (Å²) in [5.74, 6) is -0.0427. The topological polar surface area (TPSA) is 77.2 Å². The van der Waals surface area contributed by atoms with Crippen molar-refractivity contribution in [3.63, 3.8) is 0 Å². The van der Waals surface area contributed by atoms with Crippen molar-refractivity contribution in [2.75, 3.05) is 12.4 Å². The fraction of sp³-hybridized carbons (Fsp3) is 0.211. The number of aryl methyl sites for hydroxylation is 1. The first-order chi connectivity index (χ1) is 13.0. The van der Waals surface area contributed by atoms with Gasteiger partial charge in [0.1, 0.15) is 11.6 Å². The number of aromatic nitrogens is 2. The van der Waals surface area contributed by atoms with Gasteiger partial charge in [0.25, 0.3) is 11.1 Å². The largest absolute Gasteiger partial charge is 0.495 e. The molecule has 0 bridgehead atoms. The highest BCUT2D eigenvalue weighted by Crippen LogP contribution is 2.29. The van der Waals surface area contributed by atoms with Crippen molar-refractivity contribution in [2.24, 2.45) is 0 Å². The second kappa shape index (κ2) is 8.22. The number of rotatable bonds is 6. The summed E-state index contributed by atoms with van der Waals surface area (Å²) in [7, 11) is 1.54. The van der Waals surface area contributed by atoms with Gasteiger partial charge in [0, 0.05) is 0 Å². The molecule has 0 saturated carbocycles. The third-order valence-electron chi connectivity index (χ3n) is 3.77. The maximum atomic E-state index is 13.8. The smallest absolute Gasteiger partial charge is 0.277 e. The van der Waals surface area contributed by atoms with Gasteiger partial charge >= 0.3 is 0 Å². The number of amides is 1. The highest BCUT2D eigenvalue weighted by molar-refractivity contribution is 8.00. The van der Waals surface area contributed by atoms with Gasteiger partial charge in [0.15, 0.2) is 0 Å². The molecule has 2 aromatic carbocycles. The van der Waals surface area contributed by atoms with E-state index in [0.29, 0.717) is 11.4 Å². The second-order valence-corrected chi connectivity index (χ2v) is 7.10. The zero-order chi connectivity index (χ0) is 19.4. The Bertz CT molecular complexity index is 961. The minimum atomic E-state index is -0.510. The highest BCUT2D eigenvalue weighted by atomic mass is 32.2. The number of nitrogens with zero attached hydrogens (tertiary/aromatic N) is 2. The van der Waals surface area contributed by atoms with Crippen molar-refractivity contribution in [3.8, 4) is 17.2 Å². The fourth-order valence-electron chi connectivity index (χ4n) is 2.36. The summed E-state index contributed by atoms with van der Waals surface area (Å²) >= 11 is 1.09. The van der Waals surface area contributed by atoms with E-state index in [1.165, 1.54) is 6.07 Å². The van der Waals surface area contributed by atoms with E-state index >= 15 is 0 Å². The Labute approximate surface area is 160 Å². The molecule has 1 aromatic heterocycles. The molecule has 0 aliphatic rings. The van der Waals surface area contributed by atoms with E-state index in [1.54, 1.807) is 38.3 Å². The molecule has 1 amide bonds. The maximum absolute atomic E-state index is 13.8. The molecule has 0 radical (unpaired) electrons. The van der Waals surface area contributed by atoms with Gasteiger partial charge in [-0.15, -0.1) is 10.2 Å². The Morgan fingerprint density at radius 2 is 2.04 bits per heavy atom. The van der Waals surface area contributed by atoms with Crippen LogP contribution in [0.5, 0.6) is 5.75 Å². The van der Waals surface area contributed by atoms with Crippen molar-refractivity contribution in [1.82, 2.24) is 10.2 Å². The standard InChI is InChI=1S/C19H18FN3O3S/c1-11-8-9-16(25-3)15(10-11)21-17(24)12(2)27-19-23-22-18(26-19)13-6-4-5-7-14(13)20/h4-10,12H,1-3H3,(H,21,24)/t12-/m1/s1. The van der Waals surface area contributed by atoms with Gasteiger partial charge in [-0.25, -0.2) is 4.39 Å². The van der Waals surface area contributed by atoms with Crippen LogP contribution in [-0.2, 0) is 4.79 Å². The zero-order valence-electron chi connectivity index (χ0n) is 15.0. The third kappa shape index (κ3) is 4.46. The number of nitrogens with one attached hydrogen (secondary N) is 1. The van der Waals surface area contributed by atoms with Crippen LogP contribution in [-0.4, -0.2) is 28.5 Å². The van der Waals surface area contributed by atoms with Gasteiger partial charge in [0.2, 0.25) is 5.91 Å². The molecule has 3 aromatic rings. The lowest BCUT2D eigenvalue weighted by molar-refractivity contribution is -0.115. The molecule has 8 heteroatoms. The van der Waals surface area contributed by atoms with Gasteiger partial charge < -0.3 is 14.5 Å². The average molecular weight is 387 g/mol.